The van der Waals surface area contributed by atoms with E-state index in [0.29, 0.717) is 0 Å². The molecule has 0 aromatic carbocycles. The van der Waals surface area contributed by atoms with Crippen LogP contribution in [0.15, 0.2) is 0 Å². The molecule has 64 valence electrons. The second-order valence-corrected chi connectivity index (χ2v) is 5.39. The van der Waals surface area contributed by atoms with Crippen molar-refractivity contribution in [3.63, 3.8) is 0 Å². The molecule has 0 saturated heterocycles. The Morgan fingerprint density at radius 3 is 1.36 bits per heavy atom. The molecule has 0 aliphatic heterocycles. The zero-order valence-electron chi connectivity index (χ0n) is 7.95. The fourth-order valence-electron chi connectivity index (χ4n) is 1.13. The van der Waals surface area contributed by atoms with Gasteiger partial charge in [0.2, 0.25) is 0 Å². The summed E-state index contributed by atoms with van der Waals surface area (Å²) in [6.45, 7) is 4.61. The molecule has 0 aliphatic carbocycles. The van der Waals surface area contributed by atoms with E-state index < -0.39 is 0 Å². The average Bonchev–Trinajstić information content (AvgIpc) is 2.03. The van der Waals surface area contributed by atoms with Gasteiger partial charge in [0.15, 0.2) is 0 Å². The van der Waals surface area contributed by atoms with Gasteiger partial charge in [-0.25, -0.2) is 0 Å². The minimum Gasteiger partial charge on any atom is -0.0733 e. The Morgan fingerprint density at radius 1 is 0.636 bits per heavy atom. The second-order valence-electron chi connectivity index (χ2n) is 2.97. The summed E-state index contributed by atoms with van der Waals surface area (Å²) >= 11 is 0. The van der Waals surface area contributed by atoms with Crippen LogP contribution in [-0.4, -0.2) is 19.0 Å². The highest BCUT2D eigenvalue weighted by molar-refractivity contribution is 6.33. The van der Waals surface area contributed by atoms with Crippen molar-refractivity contribution in [3.8, 4) is 0 Å². The van der Waals surface area contributed by atoms with Crippen molar-refractivity contribution in [2.45, 2.75) is 57.3 Å². The third-order valence-electron chi connectivity index (χ3n) is 1.85. The van der Waals surface area contributed by atoms with Gasteiger partial charge in [-0.15, -0.1) is 0 Å². The molecule has 0 bridgehead atoms. The quantitative estimate of drug-likeness (QED) is 0.401. The summed E-state index contributed by atoms with van der Waals surface area (Å²) in [5.74, 6) is 0. The Morgan fingerprint density at radius 2 is 1.00 bits per heavy atom. The number of rotatable bonds is 8. The molecule has 0 amide bonds. The molecule has 0 aromatic heterocycles. The summed E-state index contributed by atoms with van der Waals surface area (Å²) in [6.07, 6.45) is 7.39. The largest absolute Gasteiger partial charge is 0.0733 e. The Kier molecular flexibility index (Phi) is 10.8. The van der Waals surface area contributed by atoms with Gasteiger partial charge in [-0.2, -0.15) is 0 Å². The van der Waals surface area contributed by atoms with Crippen LogP contribution in [0.4, 0.5) is 0 Å². The lowest BCUT2D eigenvalue weighted by atomic mass is 10.2. The summed E-state index contributed by atoms with van der Waals surface area (Å²) in [6, 6.07) is 2.94. The van der Waals surface area contributed by atoms with Gasteiger partial charge in [-0.05, 0) is 0 Å². The van der Waals surface area contributed by atoms with Crippen LogP contribution in [0.1, 0.15) is 32.1 Å². The first-order chi connectivity index (χ1) is 5.41. The fraction of sp³-hybridized carbons (Fsp3) is 1.00. The maximum absolute atomic E-state index is 2.30. The van der Waals surface area contributed by atoms with Crippen molar-refractivity contribution in [3.05, 3.63) is 0 Å². The highest BCUT2D eigenvalue weighted by atomic mass is 28.2. The van der Waals surface area contributed by atoms with Crippen molar-refractivity contribution in [2.24, 2.45) is 0 Å². The van der Waals surface area contributed by atoms with Gasteiger partial charge in [0.05, 0.1) is 0 Å². The molecule has 0 heterocycles. The van der Waals surface area contributed by atoms with E-state index in [1.165, 1.54) is 63.2 Å². The monoisotopic (exact) mass is 184 g/mol. The molecular formula is C9H20Si2. The van der Waals surface area contributed by atoms with Gasteiger partial charge in [0, 0.05) is 19.0 Å². The molecule has 11 heavy (non-hydrogen) atoms. The molecule has 0 fully saturated rings. The van der Waals surface area contributed by atoms with Gasteiger partial charge in [0.1, 0.15) is 0 Å². The van der Waals surface area contributed by atoms with Crippen LogP contribution < -0.4 is 0 Å². The van der Waals surface area contributed by atoms with Crippen molar-refractivity contribution >= 4 is 19.0 Å². The van der Waals surface area contributed by atoms with Gasteiger partial charge in [-0.3, -0.25) is 0 Å². The third kappa shape index (κ3) is 10.4. The van der Waals surface area contributed by atoms with E-state index in [9.17, 15) is 0 Å². The zero-order chi connectivity index (χ0) is 8.36. The fourth-order valence-corrected chi connectivity index (χ4v) is 2.34. The SMILES string of the molecule is C[Si]CCCCCCC[Si]C. The van der Waals surface area contributed by atoms with Crippen LogP contribution in [0.25, 0.3) is 0 Å². The van der Waals surface area contributed by atoms with E-state index in [-0.39, 0.29) is 0 Å². The first-order valence-corrected chi connectivity index (χ1v) is 8.12. The summed E-state index contributed by atoms with van der Waals surface area (Å²) in [5, 5.41) is 0. The highest BCUT2D eigenvalue weighted by Gasteiger charge is 1.89. The maximum atomic E-state index is 2.30. The highest BCUT2D eigenvalue weighted by Crippen LogP contribution is 2.06. The number of hydrogen-bond donors (Lipinski definition) is 0. The summed E-state index contributed by atoms with van der Waals surface area (Å²) < 4.78 is 0. The average molecular weight is 184 g/mol. The van der Waals surface area contributed by atoms with Crippen molar-refractivity contribution < 1.29 is 0 Å². The van der Waals surface area contributed by atoms with E-state index in [1.54, 1.807) is 0 Å². The Labute approximate surface area is 76.8 Å². The summed E-state index contributed by atoms with van der Waals surface area (Å²) in [4.78, 5) is 0. The molecule has 0 N–H and O–H groups in total. The Balaban J connectivity index is 2.69. The van der Waals surface area contributed by atoms with E-state index in [0.717, 1.165) is 0 Å². The first kappa shape index (κ1) is 11.4. The molecule has 0 aromatic rings. The van der Waals surface area contributed by atoms with Crippen LogP contribution in [0.3, 0.4) is 0 Å². The molecular weight excluding hydrogens is 164 g/mol. The van der Waals surface area contributed by atoms with Gasteiger partial charge < -0.3 is 0 Å². The lowest BCUT2D eigenvalue weighted by Gasteiger charge is -1.98. The summed E-state index contributed by atoms with van der Waals surface area (Å²) in [7, 11) is 2.34. The number of unbranched alkanes of at least 4 members (excludes halogenated alkanes) is 4. The first-order valence-electron chi connectivity index (χ1n) is 4.71. The van der Waals surface area contributed by atoms with Crippen LogP contribution in [0.2, 0.25) is 25.2 Å². The minimum atomic E-state index is 1.17. The van der Waals surface area contributed by atoms with Gasteiger partial charge >= 0.3 is 0 Å². The lowest BCUT2D eigenvalue weighted by molar-refractivity contribution is 0.654. The van der Waals surface area contributed by atoms with Crippen molar-refractivity contribution in [1.29, 1.82) is 0 Å². The van der Waals surface area contributed by atoms with Crippen molar-refractivity contribution in [2.75, 3.05) is 0 Å². The summed E-state index contributed by atoms with van der Waals surface area (Å²) in [5.41, 5.74) is 0. The molecule has 4 radical (unpaired) electrons. The predicted molar refractivity (Wildman–Crippen MR) is 55.9 cm³/mol. The molecule has 0 nitrogen and oxygen atoms in total. The zero-order valence-corrected chi connectivity index (χ0v) is 9.95. The van der Waals surface area contributed by atoms with Gasteiger partial charge in [-0.1, -0.05) is 57.3 Å². The van der Waals surface area contributed by atoms with Crippen molar-refractivity contribution in [1.82, 2.24) is 0 Å². The third-order valence-corrected chi connectivity index (χ3v) is 3.56. The second kappa shape index (κ2) is 10.4. The lowest BCUT2D eigenvalue weighted by Crippen LogP contribution is -1.84. The van der Waals surface area contributed by atoms with Gasteiger partial charge in [0.25, 0.3) is 0 Å². The van der Waals surface area contributed by atoms with Crippen LogP contribution >= 0.6 is 0 Å². The van der Waals surface area contributed by atoms with Crippen LogP contribution in [0, 0.1) is 0 Å². The normalized spacial score (nSPS) is 10.4. The van der Waals surface area contributed by atoms with Crippen LogP contribution in [-0.2, 0) is 0 Å². The molecule has 0 unspecified atom stereocenters. The molecule has 0 aliphatic rings. The molecule has 0 rings (SSSR count). The molecule has 0 spiro atoms. The number of hydrogen-bond acceptors (Lipinski definition) is 0. The minimum absolute atomic E-state index is 1.17. The standard InChI is InChI=1S/C9H20Si2/c1-10-8-6-4-3-5-7-9-11-2/h3-9H2,1-2H3. The smallest absolute Gasteiger partial charge is 0.0342 e. The molecule has 2 heteroatoms. The van der Waals surface area contributed by atoms with E-state index in [1.807, 2.05) is 0 Å². The Bertz CT molecular complexity index is 56.6. The Hall–Kier alpha value is 0.434. The maximum Gasteiger partial charge on any atom is 0.0342 e. The topological polar surface area (TPSA) is 0 Å². The molecule has 0 atom stereocenters. The molecule has 0 saturated carbocycles. The van der Waals surface area contributed by atoms with E-state index >= 15 is 0 Å². The van der Waals surface area contributed by atoms with E-state index in [2.05, 4.69) is 13.1 Å². The van der Waals surface area contributed by atoms with Crippen LogP contribution in [0.5, 0.6) is 0 Å². The van der Waals surface area contributed by atoms with E-state index in [4.69, 9.17) is 0 Å². The predicted octanol–water partition coefficient (Wildman–Crippen LogP) is 3.28.